The molecular formula is C38H58Br2N2O2. The molecule has 2 heterocycles. The molecule has 0 unspecified atom stereocenters. The number of pyridine rings is 2. The van der Waals surface area contributed by atoms with Crippen LogP contribution >= 0.6 is 0 Å². The van der Waals surface area contributed by atoms with Crippen LogP contribution in [0.1, 0.15) is 129 Å². The number of benzene rings is 1. The summed E-state index contributed by atoms with van der Waals surface area (Å²) in [6, 6.07) is 16.1. The minimum atomic E-state index is 0. The minimum Gasteiger partial charge on any atom is -1.00 e. The molecule has 6 heteroatoms. The molecule has 0 aliphatic carbocycles. The SMILES string of the molecule is CCCCCCCCCCC[n+]1cccc(Oc2cccc(Oc3ccc[n+](CCCCCCCCCCC)c3)c2)c1.[Br-].[Br-]. The summed E-state index contributed by atoms with van der Waals surface area (Å²) in [5, 5.41) is 0. The van der Waals surface area contributed by atoms with Gasteiger partial charge in [0.15, 0.2) is 23.9 Å². The summed E-state index contributed by atoms with van der Waals surface area (Å²) >= 11 is 0. The van der Waals surface area contributed by atoms with E-state index in [1.54, 1.807) is 0 Å². The van der Waals surface area contributed by atoms with E-state index in [1.807, 2.05) is 36.4 Å². The highest BCUT2D eigenvalue weighted by molar-refractivity contribution is 5.37. The van der Waals surface area contributed by atoms with Crippen LogP contribution in [0.4, 0.5) is 0 Å². The number of unbranched alkanes of at least 4 members (excludes halogenated alkanes) is 16. The van der Waals surface area contributed by atoms with E-state index in [4.69, 9.17) is 9.47 Å². The molecule has 0 saturated heterocycles. The van der Waals surface area contributed by atoms with E-state index >= 15 is 0 Å². The molecular weight excluding hydrogens is 676 g/mol. The summed E-state index contributed by atoms with van der Waals surface area (Å²) < 4.78 is 16.9. The zero-order valence-electron chi connectivity index (χ0n) is 27.5. The maximum Gasteiger partial charge on any atom is 0.211 e. The molecule has 44 heavy (non-hydrogen) atoms. The maximum absolute atomic E-state index is 6.22. The summed E-state index contributed by atoms with van der Waals surface area (Å²) in [4.78, 5) is 0. The Morgan fingerprint density at radius 2 is 0.773 bits per heavy atom. The lowest BCUT2D eigenvalue weighted by Crippen LogP contribution is -3.00. The fourth-order valence-electron chi connectivity index (χ4n) is 5.48. The zero-order chi connectivity index (χ0) is 29.5. The maximum atomic E-state index is 6.22. The van der Waals surface area contributed by atoms with Gasteiger partial charge in [0.05, 0.1) is 0 Å². The van der Waals surface area contributed by atoms with Gasteiger partial charge in [-0.3, -0.25) is 0 Å². The lowest BCUT2D eigenvalue weighted by molar-refractivity contribution is -0.697. The van der Waals surface area contributed by atoms with E-state index in [0.29, 0.717) is 0 Å². The Kier molecular flexibility index (Phi) is 24.0. The van der Waals surface area contributed by atoms with Crippen molar-refractivity contribution in [1.82, 2.24) is 0 Å². The van der Waals surface area contributed by atoms with E-state index in [0.717, 1.165) is 36.1 Å². The number of rotatable bonds is 24. The van der Waals surface area contributed by atoms with Gasteiger partial charge in [0, 0.05) is 31.0 Å². The molecule has 3 rings (SSSR count). The molecule has 3 aromatic rings. The number of halogens is 2. The van der Waals surface area contributed by atoms with Gasteiger partial charge < -0.3 is 43.4 Å². The van der Waals surface area contributed by atoms with Gasteiger partial charge in [0.1, 0.15) is 24.6 Å². The summed E-state index contributed by atoms with van der Waals surface area (Å²) in [7, 11) is 0. The van der Waals surface area contributed by atoms with Gasteiger partial charge in [-0.25, -0.2) is 9.13 Å². The quantitative estimate of drug-likeness (QED) is 0.0967. The Morgan fingerprint density at radius 3 is 1.16 bits per heavy atom. The summed E-state index contributed by atoms with van der Waals surface area (Å²) in [6.45, 7) is 6.62. The number of aromatic nitrogens is 2. The number of ether oxygens (including phenoxy) is 2. The van der Waals surface area contributed by atoms with Crippen molar-refractivity contribution < 1.29 is 52.6 Å². The third kappa shape index (κ3) is 18.1. The first-order chi connectivity index (χ1) is 20.8. The van der Waals surface area contributed by atoms with Crippen molar-refractivity contribution in [3.63, 3.8) is 0 Å². The van der Waals surface area contributed by atoms with Crippen LogP contribution in [0.3, 0.4) is 0 Å². The largest absolute Gasteiger partial charge is 1.00 e. The van der Waals surface area contributed by atoms with Gasteiger partial charge >= 0.3 is 0 Å². The topological polar surface area (TPSA) is 26.2 Å². The van der Waals surface area contributed by atoms with Crippen LogP contribution in [0.5, 0.6) is 23.0 Å². The van der Waals surface area contributed by atoms with E-state index in [-0.39, 0.29) is 34.0 Å². The number of aryl methyl sites for hydroxylation is 2. The van der Waals surface area contributed by atoms with Gasteiger partial charge in [-0.2, -0.15) is 0 Å². The molecule has 0 bridgehead atoms. The molecule has 4 nitrogen and oxygen atoms in total. The first kappa shape index (κ1) is 40.1. The number of nitrogens with zero attached hydrogens (tertiary/aromatic N) is 2. The highest BCUT2D eigenvalue weighted by Crippen LogP contribution is 2.27. The Balaban J connectivity index is 0.00000484. The minimum absolute atomic E-state index is 0. The molecule has 0 saturated carbocycles. The molecule has 0 radical (unpaired) electrons. The van der Waals surface area contributed by atoms with Gasteiger partial charge in [-0.1, -0.05) is 110 Å². The predicted molar refractivity (Wildman–Crippen MR) is 174 cm³/mol. The molecule has 0 aliphatic rings. The van der Waals surface area contributed by atoms with Crippen LogP contribution in [0.15, 0.2) is 73.3 Å². The van der Waals surface area contributed by atoms with Crippen molar-refractivity contribution in [2.45, 2.75) is 143 Å². The Hall–Kier alpha value is -1.92. The van der Waals surface area contributed by atoms with Gasteiger partial charge in [0.2, 0.25) is 12.4 Å². The Labute approximate surface area is 290 Å². The molecule has 0 fully saturated rings. The molecule has 246 valence electrons. The van der Waals surface area contributed by atoms with E-state index < -0.39 is 0 Å². The smallest absolute Gasteiger partial charge is 0.211 e. The van der Waals surface area contributed by atoms with Crippen molar-refractivity contribution in [3.05, 3.63) is 73.3 Å². The molecule has 0 aliphatic heterocycles. The lowest BCUT2D eigenvalue weighted by Gasteiger charge is -2.08. The first-order valence-electron chi connectivity index (χ1n) is 17.2. The molecule has 0 N–H and O–H groups in total. The molecule has 0 amide bonds. The highest BCUT2D eigenvalue weighted by atomic mass is 79.9. The summed E-state index contributed by atoms with van der Waals surface area (Å²) in [5.74, 6) is 3.27. The summed E-state index contributed by atoms with van der Waals surface area (Å²) in [6.07, 6.45) is 32.7. The molecule has 2 aromatic heterocycles. The Morgan fingerprint density at radius 1 is 0.432 bits per heavy atom. The standard InChI is InChI=1S/C38H58N2O2.2BrH/c1-3-5-7-9-11-13-15-17-19-28-39-30-22-26-37(33-39)41-35-24-21-25-36(32-35)42-38-27-23-31-40(34-38)29-20-18-16-14-12-10-8-6-4-2;;/h21-27,30-34H,3-20,28-29H2,1-2H3;2*1H/q+2;;/p-2. The average Bonchev–Trinajstić information content (AvgIpc) is 3.00. The van der Waals surface area contributed by atoms with Gasteiger partial charge in [-0.15, -0.1) is 0 Å². The third-order valence-corrected chi connectivity index (χ3v) is 7.98. The number of hydrogen-bond acceptors (Lipinski definition) is 2. The monoisotopic (exact) mass is 732 g/mol. The highest BCUT2D eigenvalue weighted by Gasteiger charge is 2.09. The third-order valence-electron chi connectivity index (χ3n) is 7.98. The Bertz CT molecular complexity index is 1030. The van der Waals surface area contributed by atoms with Crippen molar-refractivity contribution in [3.8, 4) is 23.0 Å². The van der Waals surface area contributed by atoms with Crippen molar-refractivity contribution in [1.29, 1.82) is 0 Å². The van der Waals surface area contributed by atoms with E-state index in [1.165, 1.54) is 116 Å². The lowest BCUT2D eigenvalue weighted by atomic mass is 10.1. The van der Waals surface area contributed by atoms with Gasteiger partial charge in [0.25, 0.3) is 0 Å². The molecule has 0 atom stereocenters. The fourth-order valence-corrected chi connectivity index (χ4v) is 5.48. The zero-order valence-corrected chi connectivity index (χ0v) is 30.7. The van der Waals surface area contributed by atoms with Crippen LogP contribution < -0.4 is 52.6 Å². The van der Waals surface area contributed by atoms with Crippen LogP contribution in [0, 0.1) is 0 Å². The summed E-state index contributed by atoms with van der Waals surface area (Å²) in [5.41, 5.74) is 0. The average molecular weight is 735 g/mol. The van der Waals surface area contributed by atoms with Crippen molar-refractivity contribution >= 4 is 0 Å². The van der Waals surface area contributed by atoms with Crippen LogP contribution in [-0.2, 0) is 13.1 Å². The van der Waals surface area contributed by atoms with Crippen LogP contribution in [0.2, 0.25) is 0 Å². The predicted octanol–water partition coefficient (Wildman–Crippen LogP) is 4.92. The van der Waals surface area contributed by atoms with Crippen LogP contribution in [-0.4, -0.2) is 0 Å². The molecule has 0 spiro atoms. The normalized spacial score (nSPS) is 10.6. The second kappa shape index (κ2) is 26.3. The molecule has 1 aromatic carbocycles. The second-order valence-electron chi connectivity index (χ2n) is 11.9. The number of hydrogen-bond donors (Lipinski definition) is 0. The second-order valence-corrected chi connectivity index (χ2v) is 11.9. The van der Waals surface area contributed by atoms with E-state index in [2.05, 4.69) is 59.9 Å². The van der Waals surface area contributed by atoms with E-state index in [9.17, 15) is 0 Å². The van der Waals surface area contributed by atoms with Crippen molar-refractivity contribution in [2.75, 3.05) is 0 Å². The first-order valence-corrected chi connectivity index (χ1v) is 17.2. The fraction of sp³-hybridized carbons (Fsp3) is 0.579. The van der Waals surface area contributed by atoms with Crippen LogP contribution in [0.25, 0.3) is 0 Å². The van der Waals surface area contributed by atoms with Crippen molar-refractivity contribution in [2.24, 2.45) is 0 Å². The van der Waals surface area contributed by atoms with Gasteiger partial charge in [-0.05, 0) is 37.1 Å².